The number of anilines is 1. The van der Waals surface area contributed by atoms with Crippen molar-refractivity contribution in [3.8, 4) is 0 Å². The molecule has 1 aromatic rings. The van der Waals surface area contributed by atoms with Gasteiger partial charge in [0.2, 0.25) is 0 Å². The molecule has 0 bridgehead atoms. The summed E-state index contributed by atoms with van der Waals surface area (Å²) in [7, 11) is 0. The van der Waals surface area contributed by atoms with E-state index >= 15 is 0 Å². The normalized spacial score (nSPS) is 13.0. The number of hydrazone groups is 1. The van der Waals surface area contributed by atoms with Gasteiger partial charge in [-0.1, -0.05) is 17.7 Å². The summed E-state index contributed by atoms with van der Waals surface area (Å²) >= 11 is 0. The molecule has 0 aliphatic carbocycles. The van der Waals surface area contributed by atoms with Gasteiger partial charge in [0.25, 0.3) is 0 Å². The minimum Gasteiger partial charge on any atom is -0.277 e. The highest BCUT2D eigenvalue weighted by Gasteiger charge is 2.36. The van der Waals surface area contributed by atoms with Gasteiger partial charge in [0.1, 0.15) is 0 Å². The first-order valence-electron chi connectivity index (χ1n) is 6.15. The molecule has 0 spiro atoms. The van der Waals surface area contributed by atoms with Gasteiger partial charge in [-0.25, -0.2) is 0 Å². The number of alkyl halides is 6. The van der Waals surface area contributed by atoms with Gasteiger partial charge in [0.15, 0.2) is 5.71 Å². The number of para-hydroxylation sites is 1. The van der Waals surface area contributed by atoms with Crippen LogP contribution in [-0.2, 0) is 6.18 Å². The fourth-order valence-electron chi connectivity index (χ4n) is 1.62. The van der Waals surface area contributed by atoms with Crippen LogP contribution in [-0.4, -0.2) is 11.9 Å². The van der Waals surface area contributed by atoms with Gasteiger partial charge in [-0.05, 0) is 38.5 Å². The van der Waals surface area contributed by atoms with E-state index in [9.17, 15) is 26.3 Å². The van der Waals surface area contributed by atoms with Crippen LogP contribution in [0.25, 0.3) is 0 Å². The third-order valence-electron chi connectivity index (χ3n) is 2.58. The number of aryl methyl sites for hydroxylation is 1. The molecule has 122 valence electrons. The second kappa shape index (κ2) is 6.41. The summed E-state index contributed by atoms with van der Waals surface area (Å²) in [5.74, 6) is 0. The zero-order valence-electron chi connectivity index (χ0n) is 12.0. The third kappa shape index (κ3) is 4.78. The molecule has 0 fully saturated rings. The van der Waals surface area contributed by atoms with Crippen molar-refractivity contribution in [3.05, 3.63) is 41.0 Å². The maximum absolute atomic E-state index is 12.9. The molecule has 1 aromatic carbocycles. The van der Waals surface area contributed by atoms with Gasteiger partial charge in [0.05, 0.1) is 11.3 Å². The second-order valence-corrected chi connectivity index (χ2v) is 4.82. The average molecular weight is 324 g/mol. The lowest BCUT2D eigenvalue weighted by Gasteiger charge is -2.15. The van der Waals surface area contributed by atoms with E-state index in [-0.39, 0.29) is 5.56 Å². The van der Waals surface area contributed by atoms with Gasteiger partial charge < -0.3 is 0 Å². The smallest absolute Gasteiger partial charge is 0.277 e. The Morgan fingerprint density at radius 3 is 2.14 bits per heavy atom. The molecule has 0 radical (unpaired) electrons. The van der Waals surface area contributed by atoms with Crippen LogP contribution in [0.2, 0.25) is 0 Å². The number of allylic oxidation sites excluding steroid dienone is 2. The lowest BCUT2D eigenvalue weighted by Crippen LogP contribution is -2.23. The predicted octanol–water partition coefficient (Wildman–Crippen LogP) is 5.31. The molecule has 0 heterocycles. The molecule has 2 nitrogen and oxygen atoms in total. The standard InChI is InChI=1S/C14H14F6N2/c1-8(2)7-11(14(18,19)20)21-22-12-9(3)5-4-6-10(12)13(15,16)17/h4-7,22H,1-3H3/b21-11+. The summed E-state index contributed by atoms with van der Waals surface area (Å²) < 4.78 is 77.0. The SMILES string of the molecule is CC(C)=C/C(=N\Nc1c(C)cccc1C(F)(F)F)C(F)(F)F. The lowest BCUT2D eigenvalue weighted by molar-refractivity contribution is -0.137. The molecule has 0 atom stereocenters. The van der Waals surface area contributed by atoms with Crippen molar-refractivity contribution in [1.29, 1.82) is 0 Å². The van der Waals surface area contributed by atoms with Crippen LogP contribution in [0, 0.1) is 6.92 Å². The molecule has 0 saturated carbocycles. The Balaban J connectivity index is 3.29. The van der Waals surface area contributed by atoms with Crippen LogP contribution in [0.1, 0.15) is 25.0 Å². The van der Waals surface area contributed by atoms with Crippen molar-refractivity contribution in [2.75, 3.05) is 5.43 Å². The molecular weight excluding hydrogens is 310 g/mol. The monoisotopic (exact) mass is 324 g/mol. The zero-order valence-corrected chi connectivity index (χ0v) is 12.0. The van der Waals surface area contributed by atoms with Gasteiger partial charge in [-0.15, -0.1) is 0 Å². The van der Waals surface area contributed by atoms with Crippen LogP contribution >= 0.6 is 0 Å². The van der Waals surface area contributed by atoms with E-state index in [1.54, 1.807) is 0 Å². The number of hydrogen-bond donors (Lipinski definition) is 1. The topological polar surface area (TPSA) is 24.4 Å². The molecule has 0 aromatic heterocycles. The summed E-state index contributed by atoms with van der Waals surface area (Å²) in [4.78, 5) is 0. The summed E-state index contributed by atoms with van der Waals surface area (Å²) in [6.07, 6.45) is -8.72. The fraction of sp³-hybridized carbons (Fsp3) is 0.357. The molecule has 8 heteroatoms. The van der Waals surface area contributed by atoms with Gasteiger partial charge in [-0.3, -0.25) is 5.43 Å². The van der Waals surface area contributed by atoms with E-state index in [0.717, 1.165) is 12.1 Å². The van der Waals surface area contributed by atoms with E-state index < -0.39 is 29.3 Å². The quantitative estimate of drug-likeness (QED) is 0.455. The Bertz CT molecular complexity index is 592. The molecule has 1 rings (SSSR count). The van der Waals surface area contributed by atoms with Gasteiger partial charge in [-0.2, -0.15) is 31.4 Å². The largest absolute Gasteiger partial charge is 0.435 e. The highest BCUT2D eigenvalue weighted by molar-refractivity contribution is 6.00. The predicted molar refractivity (Wildman–Crippen MR) is 72.7 cm³/mol. The summed E-state index contributed by atoms with van der Waals surface area (Å²) in [5, 5.41) is 3.11. The van der Waals surface area contributed by atoms with Crippen molar-refractivity contribution in [2.24, 2.45) is 5.10 Å². The molecule has 0 aliphatic heterocycles. The fourth-order valence-corrected chi connectivity index (χ4v) is 1.62. The Morgan fingerprint density at radius 1 is 1.09 bits per heavy atom. The van der Waals surface area contributed by atoms with Crippen molar-refractivity contribution in [2.45, 2.75) is 33.1 Å². The number of nitrogens with one attached hydrogen (secondary N) is 1. The molecule has 0 saturated heterocycles. The van der Waals surface area contributed by atoms with Crippen LogP contribution in [0.5, 0.6) is 0 Å². The minimum atomic E-state index is -4.77. The van der Waals surface area contributed by atoms with Crippen LogP contribution in [0.3, 0.4) is 0 Å². The Morgan fingerprint density at radius 2 is 1.68 bits per heavy atom. The highest BCUT2D eigenvalue weighted by Crippen LogP contribution is 2.36. The minimum absolute atomic E-state index is 0.136. The number of benzene rings is 1. The highest BCUT2D eigenvalue weighted by atomic mass is 19.4. The molecule has 0 aliphatic rings. The van der Waals surface area contributed by atoms with E-state index in [2.05, 4.69) is 5.10 Å². The lowest BCUT2D eigenvalue weighted by atomic mass is 10.1. The number of halogens is 6. The average Bonchev–Trinajstić information content (AvgIpc) is 2.32. The van der Waals surface area contributed by atoms with Crippen LogP contribution in [0.15, 0.2) is 34.9 Å². The van der Waals surface area contributed by atoms with Crippen molar-refractivity contribution >= 4 is 11.4 Å². The number of hydrogen-bond acceptors (Lipinski definition) is 2. The van der Waals surface area contributed by atoms with Gasteiger partial charge in [0, 0.05) is 0 Å². The first-order chi connectivity index (χ1) is 9.93. The summed E-state index contributed by atoms with van der Waals surface area (Å²) in [5.41, 5.74) is -0.519. The van der Waals surface area contributed by atoms with Crippen molar-refractivity contribution < 1.29 is 26.3 Å². The molecular formula is C14H14F6N2. The van der Waals surface area contributed by atoms with E-state index in [0.29, 0.717) is 5.57 Å². The first kappa shape index (κ1) is 18.1. The zero-order chi connectivity index (χ0) is 17.1. The van der Waals surface area contributed by atoms with E-state index in [1.807, 2.05) is 5.43 Å². The third-order valence-corrected chi connectivity index (χ3v) is 2.58. The number of rotatable bonds is 3. The van der Waals surface area contributed by atoms with E-state index in [1.165, 1.54) is 32.9 Å². The Hall–Kier alpha value is -1.99. The maximum atomic E-state index is 12.9. The number of nitrogens with zero attached hydrogens (tertiary/aromatic N) is 1. The van der Waals surface area contributed by atoms with Crippen LogP contribution < -0.4 is 5.43 Å². The molecule has 1 N–H and O–H groups in total. The van der Waals surface area contributed by atoms with E-state index in [4.69, 9.17) is 0 Å². The van der Waals surface area contributed by atoms with Crippen molar-refractivity contribution in [3.63, 3.8) is 0 Å². The molecule has 0 amide bonds. The maximum Gasteiger partial charge on any atom is 0.435 e. The Kier molecular flexibility index (Phi) is 5.26. The second-order valence-electron chi connectivity index (χ2n) is 4.82. The van der Waals surface area contributed by atoms with Gasteiger partial charge >= 0.3 is 12.4 Å². The van der Waals surface area contributed by atoms with Crippen molar-refractivity contribution in [1.82, 2.24) is 0 Å². The van der Waals surface area contributed by atoms with Crippen LogP contribution in [0.4, 0.5) is 32.0 Å². The molecule has 0 unspecified atom stereocenters. The first-order valence-corrected chi connectivity index (χ1v) is 6.15. The summed E-state index contributed by atoms with van der Waals surface area (Å²) in [6, 6.07) is 3.30. The summed E-state index contributed by atoms with van der Waals surface area (Å²) in [6.45, 7) is 4.20. The Labute approximate surface area is 123 Å². The molecule has 22 heavy (non-hydrogen) atoms.